The Labute approximate surface area is 98.2 Å². The average molecular weight is 229 g/mol. The lowest BCUT2D eigenvalue weighted by molar-refractivity contribution is -0.113. The summed E-state index contributed by atoms with van der Waals surface area (Å²) in [6.45, 7) is 0. The lowest BCUT2D eigenvalue weighted by Gasteiger charge is -1.98. The minimum absolute atomic E-state index is 0.0605. The molecule has 17 heavy (non-hydrogen) atoms. The molecule has 0 aliphatic carbocycles. The number of hydrogen-bond donors (Lipinski definition) is 2. The first kappa shape index (κ1) is 11.1. The number of carbonyl (C=O) groups is 1. The standard InChI is InChI=1S/C12H11N3O2/c1-13-10-9(14-12(16)11(10)15-17)7-8-5-3-2-4-6-8/h2-7,17H,1H3,(H,14,16)/b9-7-,13-10?,15-11?. The van der Waals surface area contributed by atoms with Crippen molar-refractivity contribution in [2.75, 3.05) is 7.05 Å². The molecule has 5 heteroatoms. The third-order valence-electron chi connectivity index (χ3n) is 2.38. The summed E-state index contributed by atoms with van der Waals surface area (Å²) in [6.07, 6.45) is 1.78. The lowest BCUT2D eigenvalue weighted by Crippen LogP contribution is -2.19. The molecule has 2 N–H and O–H groups in total. The fourth-order valence-corrected chi connectivity index (χ4v) is 1.62. The molecule has 0 aromatic heterocycles. The molecule has 5 nitrogen and oxygen atoms in total. The van der Waals surface area contributed by atoms with Crippen LogP contribution in [0.3, 0.4) is 0 Å². The van der Waals surface area contributed by atoms with Gasteiger partial charge in [-0.05, 0) is 11.6 Å². The third-order valence-corrected chi connectivity index (χ3v) is 2.38. The molecule has 2 rings (SSSR count). The Bertz CT molecular complexity index is 530. The van der Waals surface area contributed by atoms with Crippen molar-refractivity contribution in [2.45, 2.75) is 0 Å². The molecular formula is C12H11N3O2. The van der Waals surface area contributed by atoms with Gasteiger partial charge in [-0.2, -0.15) is 0 Å². The largest absolute Gasteiger partial charge is 0.410 e. The van der Waals surface area contributed by atoms with Crippen molar-refractivity contribution in [3.63, 3.8) is 0 Å². The van der Waals surface area contributed by atoms with Crippen LogP contribution in [0.2, 0.25) is 0 Å². The zero-order chi connectivity index (χ0) is 12.3. The van der Waals surface area contributed by atoms with Crippen molar-refractivity contribution in [3.05, 3.63) is 41.6 Å². The van der Waals surface area contributed by atoms with E-state index in [0.29, 0.717) is 11.4 Å². The summed E-state index contributed by atoms with van der Waals surface area (Å²) < 4.78 is 0. The minimum atomic E-state index is -0.449. The van der Waals surface area contributed by atoms with E-state index in [1.165, 1.54) is 0 Å². The Morgan fingerprint density at radius 3 is 2.53 bits per heavy atom. The van der Waals surface area contributed by atoms with Gasteiger partial charge in [0.25, 0.3) is 5.91 Å². The van der Waals surface area contributed by atoms with Gasteiger partial charge in [0.05, 0.1) is 5.70 Å². The summed E-state index contributed by atoms with van der Waals surface area (Å²) in [5.41, 5.74) is 1.77. The smallest absolute Gasteiger partial charge is 0.280 e. The van der Waals surface area contributed by atoms with E-state index < -0.39 is 5.91 Å². The van der Waals surface area contributed by atoms with Crippen LogP contribution in [0, 0.1) is 0 Å². The highest BCUT2D eigenvalue weighted by molar-refractivity contribution is 6.74. The van der Waals surface area contributed by atoms with E-state index in [9.17, 15) is 4.79 Å². The first-order valence-electron chi connectivity index (χ1n) is 5.04. The van der Waals surface area contributed by atoms with E-state index in [-0.39, 0.29) is 5.71 Å². The monoisotopic (exact) mass is 229 g/mol. The second-order valence-electron chi connectivity index (χ2n) is 3.44. The van der Waals surface area contributed by atoms with E-state index in [1.807, 2.05) is 30.3 Å². The van der Waals surface area contributed by atoms with Crippen LogP contribution in [-0.4, -0.2) is 29.6 Å². The van der Waals surface area contributed by atoms with Gasteiger partial charge < -0.3 is 10.5 Å². The lowest BCUT2D eigenvalue weighted by atomic mass is 10.1. The SMILES string of the molecule is CN=C1C(=NO)C(=O)N/C1=C\c1ccccc1. The predicted octanol–water partition coefficient (Wildman–Crippen LogP) is 1.06. The molecule has 1 aromatic carbocycles. The summed E-state index contributed by atoms with van der Waals surface area (Å²) in [5, 5.41) is 14.3. The highest BCUT2D eigenvalue weighted by Gasteiger charge is 2.30. The average Bonchev–Trinajstić information content (AvgIpc) is 2.65. The number of benzene rings is 1. The molecule has 0 atom stereocenters. The number of carbonyl (C=O) groups excluding carboxylic acids is 1. The maximum Gasteiger partial charge on any atom is 0.280 e. The van der Waals surface area contributed by atoms with Crippen LogP contribution < -0.4 is 5.32 Å². The van der Waals surface area contributed by atoms with Crippen LogP contribution >= 0.6 is 0 Å². The second-order valence-corrected chi connectivity index (χ2v) is 3.44. The summed E-state index contributed by atoms with van der Waals surface area (Å²) in [6, 6.07) is 9.51. The number of aliphatic imine (C=N–C) groups is 1. The van der Waals surface area contributed by atoms with Gasteiger partial charge in [0, 0.05) is 7.05 Å². The molecule has 0 spiro atoms. The van der Waals surface area contributed by atoms with Crippen molar-refractivity contribution in [2.24, 2.45) is 10.1 Å². The zero-order valence-electron chi connectivity index (χ0n) is 9.21. The number of rotatable bonds is 1. The van der Waals surface area contributed by atoms with Crippen molar-refractivity contribution >= 4 is 23.4 Å². The Kier molecular flexibility index (Phi) is 3.00. The van der Waals surface area contributed by atoms with Crippen LogP contribution in [0.4, 0.5) is 0 Å². The molecular weight excluding hydrogens is 218 g/mol. The summed E-state index contributed by atoms with van der Waals surface area (Å²) in [7, 11) is 1.54. The Balaban J connectivity index is 2.42. The number of amides is 1. The maximum absolute atomic E-state index is 11.5. The van der Waals surface area contributed by atoms with Crippen molar-refractivity contribution in [3.8, 4) is 0 Å². The quantitative estimate of drug-likeness (QED) is 0.558. The van der Waals surface area contributed by atoms with Crippen LogP contribution in [0.5, 0.6) is 0 Å². The van der Waals surface area contributed by atoms with Gasteiger partial charge in [-0.3, -0.25) is 9.79 Å². The van der Waals surface area contributed by atoms with Crippen LogP contribution in [-0.2, 0) is 4.79 Å². The first-order valence-corrected chi connectivity index (χ1v) is 5.04. The highest BCUT2D eigenvalue weighted by atomic mass is 16.4. The molecule has 1 aliphatic heterocycles. The summed E-state index contributed by atoms with van der Waals surface area (Å²) in [4.78, 5) is 15.4. The van der Waals surface area contributed by atoms with Crippen LogP contribution in [0.15, 0.2) is 46.2 Å². The number of hydrogen-bond acceptors (Lipinski definition) is 4. The molecule has 0 saturated carbocycles. The van der Waals surface area contributed by atoms with Crippen molar-refractivity contribution < 1.29 is 10.0 Å². The molecule has 0 bridgehead atoms. The summed E-state index contributed by atoms with van der Waals surface area (Å²) >= 11 is 0. The fourth-order valence-electron chi connectivity index (χ4n) is 1.62. The highest BCUT2D eigenvalue weighted by Crippen LogP contribution is 2.12. The van der Waals surface area contributed by atoms with Crippen LogP contribution in [0.1, 0.15) is 5.56 Å². The summed E-state index contributed by atoms with van der Waals surface area (Å²) in [5.74, 6) is -0.449. The molecule has 0 radical (unpaired) electrons. The molecule has 1 saturated heterocycles. The molecule has 1 fully saturated rings. The maximum atomic E-state index is 11.5. The zero-order valence-corrected chi connectivity index (χ0v) is 9.21. The molecule has 1 heterocycles. The van der Waals surface area contributed by atoms with E-state index >= 15 is 0 Å². The number of nitrogens with one attached hydrogen (secondary N) is 1. The van der Waals surface area contributed by atoms with E-state index in [2.05, 4.69) is 15.5 Å². The first-order chi connectivity index (χ1) is 8.26. The van der Waals surface area contributed by atoms with Gasteiger partial charge in [-0.15, -0.1) is 0 Å². The van der Waals surface area contributed by atoms with E-state index in [1.54, 1.807) is 13.1 Å². The third kappa shape index (κ3) is 2.08. The van der Waals surface area contributed by atoms with Crippen molar-refractivity contribution in [1.29, 1.82) is 0 Å². The molecule has 1 aliphatic rings. The topological polar surface area (TPSA) is 74.0 Å². The second kappa shape index (κ2) is 4.61. The van der Waals surface area contributed by atoms with Gasteiger partial charge in [0.1, 0.15) is 5.71 Å². The number of allylic oxidation sites excluding steroid dienone is 1. The number of nitrogens with zero attached hydrogens (tertiary/aromatic N) is 2. The van der Waals surface area contributed by atoms with Gasteiger partial charge in [-0.25, -0.2) is 0 Å². The van der Waals surface area contributed by atoms with Gasteiger partial charge in [0.15, 0.2) is 5.71 Å². The number of oxime groups is 1. The molecule has 1 aromatic rings. The van der Waals surface area contributed by atoms with Gasteiger partial charge >= 0.3 is 0 Å². The van der Waals surface area contributed by atoms with Gasteiger partial charge in [-0.1, -0.05) is 35.5 Å². The van der Waals surface area contributed by atoms with E-state index in [4.69, 9.17) is 5.21 Å². The van der Waals surface area contributed by atoms with E-state index in [0.717, 1.165) is 5.56 Å². The fraction of sp³-hybridized carbons (Fsp3) is 0.0833. The Morgan fingerprint density at radius 2 is 1.94 bits per heavy atom. The predicted molar refractivity (Wildman–Crippen MR) is 65.1 cm³/mol. The Morgan fingerprint density at radius 1 is 1.24 bits per heavy atom. The minimum Gasteiger partial charge on any atom is -0.410 e. The Hall–Kier alpha value is -2.43. The normalized spacial score (nSPS) is 22.4. The molecule has 0 unspecified atom stereocenters. The molecule has 86 valence electrons. The van der Waals surface area contributed by atoms with Gasteiger partial charge in [0.2, 0.25) is 0 Å². The van der Waals surface area contributed by atoms with Crippen LogP contribution in [0.25, 0.3) is 6.08 Å². The molecule has 1 amide bonds. The van der Waals surface area contributed by atoms with Crippen molar-refractivity contribution in [1.82, 2.24) is 5.32 Å².